The Bertz CT molecular complexity index is 811. The van der Waals surface area contributed by atoms with E-state index >= 15 is 0 Å². The van der Waals surface area contributed by atoms with Crippen molar-refractivity contribution < 1.29 is 22.8 Å². The van der Waals surface area contributed by atoms with Crippen molar-refractivity contribution in [3.63, 3.8) is 0 Å². The molecule has 2 aromatic rings. The van der Waals surface area contributed by atoms with E-state index in [2.05, 4.69) is 10.3 Å². The number of thiazole rings is 1. The second-order valence-electron chi connectivity index (χ2n) is 5.62. The number of rotatable bonds is 7. The van der Waals surface area contributed by atoms with Gasteiger partial charge in [0.15, 0.2) is 17.5 Å². The van der Waals surface area contributed by atoms with E-state index in [9.17, 15) is 22.8 Å². The first-order valence-electron chi connectivity index (χ1n) is 7.94. The van der Waals surface area contributed by atoms with E-state index in [1.807, 2.05) is 13.8 Å². The molecule has 0 radical (unpaired) electrons. The van der Waals surface area contributed by atoms with Crippen LogP contribution in [0.2, 0.25) is 0 Å². The number of aromatic nitrogens is 1. The molecule has 0 fully saturated rings. The van der Waals surface area contributed by atoms with E-state index in [0.29, 0.717) is 24.7 Å². The lowest BCUT2D eigenvalue weighted by Gasteiger charge is -2.21. The van der Waals surface area contributed by atoms with Gasteiger partial charge in [0.25, 0.3) is 0 Å². The van der Waals surface area contributed by atoms with Gasteiger partial charge in [-0.15, -0.1) is 11.3 Å². The Morgan fingerprint density at radius 3 is 2.58 bits per heavy atom. The van der Waals surface area contributed by atoms with E-state index in [1.54, 1.807) is 5.38 Å². The van der Waals surface area contributed by atoms with Gasteiger partial charge in [-0.2, -0.15) is 0 Å². The summed E-state index contributed by atoms with van der Waals surface area (Å²) in [7, 11) is 0. The Kier molecular flexibility index (Phi) is 6.73. The SMILES string of the molecule is CCCN(CC(=O)Nc1ccc(F)c(F)c1F)C(=O)Cc1csc(C)n1. The van der Waals surface area contributed by atoms with E-state index < -0.39 is 29.0 Å². The Labute approximate surface area is 152 Å². The van der Waals surface area contributed by atoms with E-state index in [1.165, 1.54) is 16.2 Å². The number of nitrogens with one attached hydrogen (secondary N) is 1. The molecule has 26 heavy (non-hydrogen) atoms. The number of anilines is 1. The smallest absolute Gasteiger partial charge is 0.244 e. The van der Waals surface area contributed by atoms with Gasteiger partial charge in [0.1, 0.15) is 0 Å². The molecule has 0 spiro atoms. The van der Waals surface area contributed by atoms with Crippen LogP contribution in [-0.4, -0.2) is 34.8 Å². The van der Waals surface area contributed by atoms with Crippen molar-refractivity contribution in [3.8, 4) is 0 Å². The highest BCUT2D eigenvalue weighted by Crippen LogP contribution is 2.19. The highest BCUT2D eigenvalue weighted by molar-refractivity contribution is 7.09. The molecule has 2 amide bonds. The first-order chi connectivity index (χ1) is 12.3. The monoisotopic (exact) mass is 385 g/mol. The van der Waals surface area contributed by atoms with Gasteiger partial charge in [-0.05, 0) is 25.5 Å². The first-order valence-corrected chi connectivity index (χ1v) is 8.82. The molecule has 9 heteroatoms. The number of hydrogen-bond acceptors (Lipinski definition) is 4. The third kappa shape index (κ3) is 5.04. The van der Waals surface area contributed by atoms with Crippen molar-refractivity contribution in [2.75, 3.05) is 18.4 Å². The maximum Gasteiger partial charge on any atom is 0.244 e. The molecule has 140 valence electrons. The van der Waals surface area contributed by atoms with Gasteiger partial charge < -0.3 is 10.2 Å². The summed E-state index contributed by atoms with van der Waals surface area (Å²) in [5.41, 5.74) is 0.138. The van der Waals surface area contributed by atoms with Gasteiger partial charge in [-0.25, -0.2) is 18.2 Å². The normalized spacial score (nSPS) is 10.7. The third-order valence-electron chi connectivity index (χ3n) is 3.49. The zero-order chi connectivity index (χ0) is 19.3. The van der Waals surface area contributed by atoms with Crippen molar-refractivity contribution in [1.82, 2.24) is 9.88 Å². The Morgan fingerprint density at radius 2 is 1.96 bits per heavy atom. The van der Waals surface area contributed by atoms with E-state index in [-0.39, 0.29) is 18.9 Å². The van der Waals surface area contributed by atoms with Crippen molar-refractivity contribution in [2.45, 2.75) is 26.7 Å². The molecule has 1 aromatic carbocycles. The molecule has 0 unspecified atom stereocenters. The summed E-state index contributed by atoms with van der Waals surface area (Å²) in [6.45, 7) is 3.68. The molecule has 0 saturated carbocycles. The van der Waals surface area contributed by atoms with Crippen LogP contribution in [0.25, 0.3) is 0 Å². The van der Waals surface area contributed by atoms with Gasteiger partial charge in [0, 0.05) is 11.9 Å². The fourth-order valence-electron chi connectivity index (χ4n) is 2.30. The minimum Gasteiger partial charge on any atom is -0.333 e. The second-order valence-corrected chi connectivity index (χ2v) is 6.68. The van der Waals surface area contributed by atoms with Crippen molar-refractivity contribution in [1.29, 1.82) is 0 Å². The van der Waals surface area contributed by atoms with E-state index in [4.69, 9.17) is 0 Å². The number of carbonyl (C=O) groups excluding carboxylic acids is 2. The summed E-state index contributed by atoms with van der Waals surface area (Å²) in [4.78, 5) is 30.0. The molecule has 0 aliphatic heterocycles. The van der Waals surface area contributed by atoms with Crippen LogP contribution in [0.5, 0.6) is 0 Å². The molecular weight excluding hydrogens is 367 g/mol. The number of halogens is 3. The molecule has 0 aliphatic carbocycles. The van der Waals surface area contributed by atoms with Gasteiger partial charge >= 0.3 is 0 Å². The Morgan fingerprint density at radius 1 is 1.23 bits per heavy atom. The maximum absolute atomic E-state index is 13.6. The standard InChI is InChI=1S/C17H18F3N3O2S/c1-3-6-23(15(25)7-11-9-26-10(2)21-11)8-14(24)22-13-5-4-12(18)16(19)17(13)20/h4-5,9H,3,6-8H2,1-2H3,(H,22,24). The molecule has 1 heterocycles. The van der Waals surface area contributed by atoms with Crippen LogP contribution in [0, 0.1) is 24.4 Å². The second kappa shape index (κ2) is 8.79. The lowest BCUT2D eigenvalue weighted by molar-refractivity contribution is -0.134. The summed E-state index contributed by atoms with van der Waals surface area (Å²) in [5.74, 6) is -5.49. The highest BCUT2D eigenvalue weighted by Gasteiger charge is 2.20. The molecule has 1 aromatic heterocycles. The van der Waals surface area contributed by atoms with Crippen LogP contribution in [0.15, 0.2) is 17.5 Å². The maximum atomic E-state index is 13.6. The zero-order valence-corrected chi connectivity index (χ0v) is 15.1. The average Bonchev–Trinajstić information content (AvgIpc) is 3.00. The number of hydrogen-bond donors (Lipinski definition) is 1. The summed E-state index contributed by atoms with van der Waals surface area (Å²) in [5, 5.41) is 4.77. The molecule has 0 atom stereocenters. The number of carbonyl (C=O) groups is 2. The van der Waals surface area contributed by atoms with Crippen LogP contribution in [0.1, 0.15) is 24.0 Å². The lowest BCUT2D eigenvalue weighted by atomic mass is 10.2. The van der Waals surface area contributed by atoms with Gasteiger partial charge in [0.2, 0.25) is 11.8 Å². The fourth-order valence-corrected chi connectivity index (χ4v) is 2.92. The molecular formula is C17H18F3N3O2S. The van der Waals surface area contributed by atoms with Crippen molar-refractivity contribution in [3.05, 3.63) is 45.7 Å². The van der Waals surface area contributed by atoms with Crippen LogP contribution >= 0.6 is 11.3 Å². The van der Waals surface area contributed by atoms with E-state index in [0.717, 1.165) is 11.1 Å². The number of amides is 2. The highest BCUT2D eigenvalue weighted by atomic mass is 32.1. The summed E-state index contributed by atoms with van der Waals surface area (Å²) >= 11 is 1.42. The molecule has 0 aliphatic rings. The molecule has 2 rings (SSSR count). The minimum absolute atomic E-state index is 0.0527. The predicted molar refractivity (Wildman–Crippen MR) is 92.4 cm³/mol. The molecule has 1 N–H and O–H groups in total. The van der Waals surface area contributed by atoms with Gasteiger partial charge in [0.05, 0.1) is 29.4 Å². The van der Waals surface area contributed by atoms with Crippen LogP contribution in [0.3, 0.4) is 0 Å². The molecule has 0 bridgehead atoms. The third-order valence-corrected chi connectivity index (χ3v) is 4.31. The minimum atomic E-state index is -1.66. The topological polar surface area (TPSA) is 62.3 Å². The average molecular weight is 385 g/mol. The number of aryl methyl sites for hydroxylation is 1. The van der Waals surface area contributed by atoms with Gasteiger partial charge in [-0.1, -0.05) is 6.92 Å². The number of benzene rings is 1. The fraction of sp³-hybridized carbons (Fsp3) is 0.353. The summed E-state index contributed by atoms with van der Waals surface area (Å²) in [6, 6.07) is 1.64. The largest absolute Gasteiger partial charge is 0.333 e. The van der Waals surface area contributed by atoms with Crippen molar-refractivity contribution >= 4 is 28.8 Å². The Balaban J connectivity index is 2.03. The first kappa shape index (κ1) is 19.9. The lowest BCUT2D eigenvalue weighted by Crippen LogP contribution is -2.39. The van der Waals surface area contributed by atoms with Crippen LogP contribution < -0.4 is 5.32 Å². The van der Waals surface area contributed by atoms with Crippen LogP contribution in [0.4, 0.5) is 18.9 Å². The quantitative estimate of drug-likeness (QED) is 0.744. The number of nitrogens with zero attached hydrogens (tertiary/aromatic N) is 2. The van der Waals surface area contributed by atoms with Crippen molar-refractivity contribution in [2.24, 2.45) is 0 Å². The van der Waals surface area contributed by atoms with Gasteiger partial charge in [-0.3, -0.25) is 9.59 Å². The zero-order valence-electron chi connectivity index (χ0n) is 14.3. The summed E-state index contributed by atoms with van der Waals surface area (Å²) < 4.78 is 39.8. The Hall–Kier alpha value is -2.42. The predicted octanol–water partition coefficient (Wildman–Crippen LogP) is 3.29. The molecule has 0 saturated heterocycles. The summed E-state index contributed by atoms with van der Waals surface area (Å²) in [6.07, 6.45) is 0.672. The molecule has 5 nitrogen and oxygen atoms in total. The van der Waals surface area contributed by atoms with Crippen LogP contribution in [-0.2, 0) is 16.0 Å².